The van der Waals surface area contributed by atoms with E-state index in [0.29, 0.717) is 31.0 Å². The number of aromatic nitrogens is 2. The molecule has 1 atom stereocenters. The summed E-state index contributed by atoms with van der Waals surface area (Å²) in [5, 5.41) is 3.41. The standard InChI is InChI=1S/C18H23ClN4O3S/c19-16-4-6-17(7-5-16)27(25,26)23-11-1-3-15(13-23)18(24)21-8-2-10-22-12-9-20-14-22/h4-7,9,12,14-15H,1-3,8,10-11,13H2,(H,21,24)/t15-/m0/s1. The van der Waals surface area contributed by atoms with Crippen LogP contribution < -0.4 is 5.32 Å². The van der Waals surface area contributed by atoms with Gasteiger partial charge in [0.2, 0.25) is 15.9 Å². The van der Waals surface area contributed by atoms with E-state index in [-0.39, 0.29) is 23.3 Å². The fraction of sp³-hybridized carbons (Fsp3) is 0.444. The summed E-state index contributed by atoms with van der Waals surface area (Å²) in [5.74, 6) is -0.411. The number of hydrogen-bond acceptors (Lipinski definition) is 4. The van der Waals surface area contributed by atoms with Crippen molar-refractivity contribution in [1.82, 2.24) is 19.2 Å². The zero-order valence-electron chi connectivity index (χ0n) is 14.9. The Morgan fingerprint density at radius 2 is 2.07 bits per heavy atom. The number of carbonyl (C=O) groups is 1. The Morgan fingerprint density at radius 1 is 1.30 bits per heavy atom. The van der Waals surface area contributed by atoms with E-state index in [1.54, 1.807) is 24.7 Å². The Kier molecular flexibility index (Phi) is 6.51. The van der Waals surface area contributed by atoms with Gasteiger partial charge < -0.3 is 9.88 Å². The first-order valence-electron chi connectivity index (χ1n) is 8.96. The predicted octanol–water partition coefficient (Wildman–Crippen LogP) is 2.14. The minimum atomic E-state index is -3.62. The van der Waals surface area contributed by atoms with Crippen LogP contribution in [0.5, 0.6) is 0 Å². The summed E-state index contributed by atoms with van der Waals surface area (Å²) in [4.78, 5) is 16.6. The van der Waals surface area contributed by atoms with Crippen LogP contribution in [0.2, 0.25) is 5.02 Å². The van der Waals surface area contributed by atoms with Crippen molar-refractivity contribution in [2.75, 3.05) is 19.6 Å². The van der Waals surface area contributed by atoms with Crippen LogP contribution in [0.25, 0.3) is 0 Å². The highest BCUT2D eigenvalue weighted by Crippen LogP contribution is 2.24. The number of sulfonamides is 1. The molecule has 1 N–H and O–H groups in total. The van der Waals surface area contributed by atoms with E-state index >= 15 is 0 Å². The Hall–Kier alpha value is -1.90. The lowest BCUT2D eigenvalue weighted by molar-refractivity contribution is -0.126. The number of piperidine rings is 1. The summed E-state index contributed by atoms with van der Waals surface area (Å²) in [6, 6.07) is 6.11. The van der Waals surface area contributed by atoms with E-state index in [4.69, 9.17) is 11.6 Å². The summed E-state index contributed by atoms with van der Waals surface area (Å²) in [7, 11) is -3.62. The van der Waals surface area contributed by atoms with Gasteiger partial charge in [-0.3, -0.25) is 4.79 Å². The smallest absolute Gasteiger partial charge is 0.243 e. The topological polar surface area (TPSA) is 84.3 Å². The minimum absolute atomic E-state index is 0.0864. The van der Waals surface area contributed by atoms with Gasteiger partial charge in [0.1, 0.15) is 0 Å². The number of halogens is 1. The third-order valence-electron chi connectivity index (χ3n) is 4.66. The zero-order valence-corrected chi connectivity index (χ0v) is 16.5. The monoisotopic (exact) mass is 410 g/mol. The van der Waals surface area contributed by atoms with Gasteiger partial charge in [0.05, 0.1) is 17.1 Å². The molecule has 0 spiro atoms. The SMILES string of the molecule is O=C(NCCCn1ccnc1)[C@H]1CCCN(S(=O)(=O)c2ccc(Cl)cc2)C1. The van der Waals surface area contributed by atoms with Gasteiger partial charge >= 0.3 is 0 Å². The van der Waals surface area contributed by atoms with E-state index in [1.807, 2.05) is 10.8 Å². The highest BCUT2D eigenvalue weighted by molar-refractivity contribution is 7.89. The Labute approximate surface area is 164 Å². The molecule has 0 saturated carbocycles. The maximum Gasteiger partial charge on any atom is 0.243 e. The lowest BCUT2D eigenvalue weighted by atomic mass is 9.99. The fourth-order valence-corrected chi connectivity index (χ4v) is 4.82. The van der Waals surface area contributed by atoms with Gasteiger partial charge in [-0.1, -0.05) is 11.6 Å². The number of amides is 1. The second kappa shape index (κ2) is 8.86. The van der Waals surface area contributed by atoms with Crippen molar-refractivity contribution in [2.45, 2.75) is 30.7 Å². The average Bonchev–Trinajstić information content (AvgIpc) is 3.19. The molecular formula is C18H23ClN4O3S. The predicted molar refractivity (Wildman–Crippen MR) is 103 cm³/mol. The second-order valence-corrected chi connectivity index (χ2v) is 8.98. The largest absolute Gasteiger partial charge is 0.356 e. The van der Waals surface area contributed by atoms with Crippen LogP contribution in [0.15, 0.2) is 47.9 Å². The number of aryl methyl sites for hydroxylation is 1. The van der Waals surface area contributed by atoms with Crippen molar-refractivity contribution < 1.29 is 13.2 Å². The van der Waals surface area contributed by atoms with Crippen molar-refractivity contribution in [1.29, 1.82) is 0 Å². The van der Waals surface area contributed by atoms with Gasteiger partial charge in [0, 0.05) is 43.6 Å². The van der Waals surface area contributed by atoms with E-state index in [2.05, 4.69) is 10.3 Å². The normalized spacial score (nSPS) is 18.3. The quantitative estimate of drug-likeness (QED) is 0.709. The first kappa shape index (κ1) is 19.9. The van der Waals surface area contributed by atoms with Crippen molar-refractivity contribution in [3.05, 3.63) is 48.0 Å². The molecule has 9 heteroatoms. The Morgan fingerprint density at radius 3 is 2.78 bits per heavy atom. The van der Waals surface area contributed by atoms with Crippen molar-refractivity contribution in [3.8, 4) is 0 Å². The molecule has 1 fully saturated rings. The first-order valence-corrected chi connectivity index (χ1v) is 10.8. The molecule has 1 amide bonds. The summed E-state index contributed by atoms with van der Waals surface area (Å²) >= 11 is 5.84. The molecule has 1 aromatic carbocycles. The number of imidazole rings is 1. The van der Waals surface area contributed by atoms with Crippen molar-refractivity contribution in [3.63, 3.8) is 0 Å². The molecule has 27 heavy (non-hydrogen) atoms. The zero-order chi connectivity index (χ0) is 19.3. The van der Waals surface area contributed by atoms with E-state index < -0.39 is 10.0 Å². The molecule has 1 aliphatic heterocycles. The molecule has 0 radical (unpaired) electrons. The third-order valence-corrected chi connectivity index (χ3v) is 6.79. The Bertz CT molecular complexity index is 853. The number of hydrogen-bond donors (Lipinski definition) is 1. The van der Waals surface area contributed by atoms with Gasteiger partial charge in [0.25, 0.3) is 0 Å². The molecule has 0 unspecified atom stereocenters. The number of rotatable bonds is 7. The van der Waals surface area contributed by atoms with Crippen LogP contribution in [0.1, 0.15) is 19.3 Å². The fourth-order valence-electron chi connectivity index (χ4n) is 3.17. The van der Waals surface area contributed by atoms with Gasteiger partial charge in [-0.25, -0.2) is 13.4 Å². The third kappa shape index (κ3) is 5.09. The maximum absolute atomic E-state index is 12.8. The van der Waals surface area contributed by atoms with Crippen LogP contribution in [0, 0.1) is 5.92 Å². The molecule has 3 rings (SSSR count). The molecular weight excluding hydrogens is 388 g/mol. The molecule has 146 valence electrons. The number of benzene rings is 1. The van der Waals surface area contributed by atoms with E-state index in [9.17, 15) is 13.2 Å². The molecule has 1 aliphatic rings. The van der Waals surface area contributed by atoms with Crippen LogP contribution in [-0.4, -0.2) is 47.8 Å². The lowest BCUT2D eigenvalue weighted by Gasteiger charge is -2.31. The molecule has 1 saturated heterocycles. The molecule has 1 aromatic heterocycles. The summed E-state index contributed by atoms with van der Waals surface area (Å²) < 4.78 is 29.0. The summed E-state index contributed by atoms with van der Waals surface area (Å²) in [6.45, 7) is 1.97. The van der Waals surface area contributed by atoms with Gasteiger partial charge in [-0.15, -0.1) is 0 Å². The van der Waals surface area contributed by atoms with Crippen LogP contribution in [-0.2, 0) is 21.4 Å². The average molecular weight is 411 g/mol. The van der Waals surface area contributed by atoms with Crippen LogP contribution in [0.4, 0.5) is 0 Å². The highest BCUT2D eigenvalue weighted by Gasteiger charge is 2.33. The Balaban J connectivity index is 1.53. The first-order chi connectivity index (χ1) is 13.0. The van der Waals surface area contributed by atoms with Crippen molar-refractivity contribution in [2.24, 2.45) is 5.92 Å². The van der Waals surface area contributed by atoms with E-state index in [0.717, 1.165) is 13.0 Å². The van der Waals surface area contributed by atoms with Gasteiger partial charge in [-0.2, -0.15) is 4.31 Å². The molecule has 2 heterocycles. The van der Waals surface area contributed by atoms with Gasteiger partial charge in [-0.05, 0) is 43.5 Å². The van der Waals surface area contributed by atoms with E-state index in [1.165, 1.54) is 16.4 Å². The van der Waals surface area contributed by atoms with Crippen molar-refractivity contribution >= 4 is 27.5 Å². The number of nitrogens with one attached hydrogen (secondary N) is 1. The molecule has 2 aromatic rings. The number of carbonyl (C=O) groups excluding carboxylic acids is 1. The molecule has 0 bridgehead atoms. The van der Waals surface area contributed by atoms with Crippen LogP contribution >= 0.6 is 11.6 Å². The second-order valence-electron chi connectivity index (χ2n) is 6.60. The number of nitrogens with zero attached hydrogens (tertiary/aromatic N) is 3. The summed E-state index contributed by atoms with van der Waals surface area (Å²) in [6.07, 6.45) is 7.49. The lowest BCUT2D eigenvalue weighted by Crippen LogP contribution is -2.45. The minimum Gasteiger partial charge on any atom is -0.356 e. The molecule has 0 aliphatic carbocycles. The maximum atomic E-state index is 12.8. The molecule has 7 nitrogen and oxygen atoms in total. The summed E-state index contributed by atoms with van der Waals surface area (Å²) in [5.41, 5.74) is 0. The highest BCUT2D eigenvalue weighted by atomic mass is 35.5. The van der Waals surface area contributed by atoms with Crippen LogP contribution in [0.3, 0.4) is 0 Å². The van der Waals surface area contributed by atoms with Gasteiger partial charge in [0.15, 0.2) is 0 Å².